The summed E-state index contributed by atoms with van der Waals surface area (Å²) >= 11 is 0. The Morgan fingerprint density at radius 1 is 1.15 bits per heavy atom. The maximum atomic E-state index is 13.9. The van der Waals surface area contributed by atoms with Crippen molar-refractivity contribution in [1.82, 2.24) is 19.9 Å². The van der Waals surface area contributed by atoms with E-state index < -0.39 is 17.5 Å². The van der Waals surface area contributed by atoms with Crippen LogP contribution in [0.3, 0.4) is 0 Å². The van der Waals surface area contributed by atoms with Gasteiger partial charge in [-0.05, 0) is 30.7 Å². The molecule has 2 aromatic heterocycles. The lowest BCUT2D eigenvalue weighted by atomic mass is 10.0. The van der Waals surface area contributed by atoms with Crippen molar-refractivity contribution in [1.29, 1.82) is 0 Å². The summed E-state index contributed by atoms with van der Waals surface area (Å²) in [5, 5.41) is 0. The Bertz CT molecular complexity index is 1050. The van der Waals surface area contributed by atoms with Crippen LogP contribution in [-0.4, -0.2) is 26.4 Å². The highest BCUT2D eigenvalue weighted by Crippen LogP contribution is 2.22. The number of nitrogens with one attached hydrogen (secondary N) is 1. The molecule has 3 heterocycles. The van der Waals surface area contributed by atoms with Crippen molar-refractivity contribution in [3.63, 3.8) is 0 Å². The molecule has 0 unspecified atom stereocenters. The summed E-state index contributed by atoms with van der Waals surface area (Å²) in [5.41, 5.74) is 1.20. The topological polar surface area (TPSA) is 61.9 Å². The van der Waals surface area contributed by atoms with Gasteiger partial charge in [0.1, 0.15) is 11.6 Å². The maximum Gasteiger partial charge on any atom is 0.254 e. The number of fused-ring (bicyclic) bond motifs is 1. The maximum absolute atomic E-state index is 13.9. The number of hydrogen-bond acceptors (Lipinski definition) is 4. The van der Waals surface area contributed by atoms with Crippen molar-refractivity contribution < 1.29 is 13.2 Å². The lowest BCUT2D eigenvalue weighted by Crippen LogP contribution is -2.35. The number of rotatable bonds is 3. The predicted octanol–water partition coefficient (Wildman–Crippen LogP) is 2.81. The van der Waals surface area contributed by atoms with Gasteiger partial charge in [-0.2, -0.15) is 0 Å². The van der Waals surface area contributed by atoms with Gasteiger partial charge in [0.2, 0.25) is 0 Å². The molecule has 5 nitrogen and oxygen atoms in total. The van der Waals surface area contributed by atoms with Crippen molar-refractivity contribution >= 4 is 0 Å². The molecule has 27 heavy (non-hydrogen) atoms. The van der Waals surface area contributed by atoms with Gasteiger partial charge >= 0.3 is 0 Å². The molecule has 0 amide bonds. The van der Waals surface area contributed by atoms with E-state index in [-0.39, 0.29) is 24.2 Å². The monoisotopic (exact) mass is 372 g/mol. The average Bonchev–Trinajstić information content (AvgIpc) is 2.68. The summed E-state index contributed by atoms with van der Waals surface area (Å²) in [6.07, 6.45) is 3.59. The zero-order chi connectivity index (χ0) is 19.0. The van der Waals surface area contributed by atoms with Crippen molar-refractivity contribution in [3.8, 4) is 11.4 Å². The Hall–Kier alpha value is -3.00. The number of aromatic amines is 1. The van der Waals surface area contributed by atoms with Gasteiger partial charge in [-0.3, -0.25) is 14.7 Å². The second-order valence-electron chi connectivity index (χ2n) is 6.36. The molecule has 138 valence electrons. The SMILES string of the molecule is O=c1[nH]c(-c2cccnc2)nc2c1CCN(Cc1c(F)ccc(F)c1F)C2. The van der Waals surface area contributed by atoms with Gasteiger partial charge in [-0.1, -0.05) is 0 Å². The smallest absolute Gasteiger partial charge is 0.254 e. The van der Waals surface area contributed by atoms with E-state index in [0.717, 1.165) is 12.1 Å². The Morgan fingerprint density at radius 3 is 2.74 bits per heavy atom. The van der Waals surface area contributed by atoms with E-state index in [2.05, 4.69) is 15.0 Å². The molecule has 3 aromatic rings. The van der Waals surface area contributed by atoms with Crippen LogP contribution < -0.4 is 5.56 Å². The molecule has 0 saturated carbocycles. The van der Waals surface area contributed by atoms with Gasteiger partial charge in [0.25, 0.3) is 5.56 Å². The number of nitrogens with zero attached hydrogens (tertiary/aromatic N) is 3. The zero-order valence-corrected chi connectivity index (χ0v) is 14.2. The summed E-state index contributed by atoms with van der Waals surface area (Å²) in [4.78, 5) is 25.4. The van der Waals surface area contributed by atoms with Crippen LogP contribution in [0.4, 0.5) is 13.2 Å². The number of halogens is 3. The molecule has 0 bridgehead atoms. The highest BCUT2D eigenvalue weighted by atomic mass is 19.2. The number of pyridine rings is 1. The number of hydrogen-bond donors (Lipinski definition) is 1. The van der Waals surface area contributed by atoms with Gasteiger partial charge in [0.15, 0.2) is 11.6 Å². The zero-order valence-electron chi connectivity index (χ0n) is 14.2. The fourth-order valence-electron chi connectivity index (χ4n) is 3.21. The fourth-order valence-corrected chi connectivity index (χ4v) is 3.21. The first-order valence-corrected chi connectivity index (χ1v) is 8.40. The first-order valence-electron chi connectivity index (χ1n) is 8.40. The normalized spacial score (nSPS) is 14.2. The lowest BCUT2D eigenvalue weighted by Gasteiger charge is -2.28. The molecule has 1 aliphatic heterocycles. The van der Waals surface area contributed by atoms with Crippen molar-refractivity contribution in [2.75, 3.05) is 6.54 Å². The van der Waals surface area contributed by atoms with Crippen LogP contribution in [0.1, 0.15) is 16.8 Å². The van der Waals surface area contributed by atoms with E-state index in [1.54, 1.807) is 29.4 Å². The first-order chi connectivity index (χ1) is 13.0. The van der Waals surface area contributed by atoms with Crippen LogP contribution in [-0.2, 0) is 19.5 Å². The lowest BCUT2D eigenvalue weighted by molar-refractivity contribution is 0.232. The summed E-state index contributed by atoms with van der Waals surface area (Å²) in [5.74, 6) is -2.68. The highest BCUT2D eigenvalue weighted by molar-refractivity contribution is 5.53. The summed E-state index contributed by atoms with van der Waals surface area (Å²) < 4.78 is 41.3. The minimum Gasteiger partial charge on any atom is -0.306 e. The Kier molecular flexibility index (Phi) is 4.49. The van der Waals surface area contributed by atoms with E-state index in [1.165, 1.54) is 0 Å². The fraction of sp³-hybridized carbons (Fsp3) is 0.211. The molecule has 0 atom stereocenters. The largest absolute Gasteiger partial charge is 0.306 e. The van der Waals surface area contributed by atoms with Crippen LogP contribution in [0.15, 0.2) is 41.5 Å². The van der Waals surface area contributed by atoms with Crippen LogP contribution >= 0.6 is 0 Å². The van der Waals surface area contributed by atoms with E-state index in [0.29, 0.717) is 35.6 Å². The minimum atomic E-state index is -1.18. The third kappa shape index (κ3) is 3.35. The van der Waals surface area contributed by atoms with Gasteiger partial charge in [-0.25, -0.2) is 18.2 Å². The molecular weight excluding hydrogens is 357 g/mol. The molecule has 0 spiro atoms. The molecule has 1 aromatic carbocycles. The van der Waals surface area contributed by atoms with Gasteiger partial charge in [0, 0.05) is 48.7 Å². The summed E-state index contributed by atoms with van der Waals surface area (Å²) in [7, 11) is 0. The Labute approximate surface area is 152 Å². The second-order valence-corrected chi connectivity index (χ2v) is 6.36. The number of benzene rings is 1. The molecule has 1 N–H and O–H groups in total. The molecule has 0 aliphatic carbocycles. The van der Waals surface area contributed by atoms with Gasteiger partial charge in [-0.15, -0.1) is 0 Å². The minimum absolute atomic E-state index is 0.106. The molecule has 8 heteroatoms. The molecule has 0 saturated heterocycles. The second kappa shape index (κ2) is 6.96. The van der Waals surface area contributed by atoms with E-state index in [1.807, 2.05) is 0 Å². The van der Waals surface area contributed by atoms with E-state index in [4.69, 9.17) is 0 Å². The van der Waals surface area contributed by atoms with E-state index in [9.17, 15) is 18.0 Å². The molecular formula is C19H15F3N4O. The third-order valence-electron chi connectivity index (χ3n) is 4.61. The molecule has 0 fully saturated rings. The predicted molar refractivity (Wildman–Crippen MR) is 92.2 cm³/mol. The first kappa shape index (κ1) is 17.4. The van der Waals surface area contributed by atoms with Crippen LogP contribution in [0.2, 0.25) is 0 Å². The van der Waals surface area contributed by atoms with E-state index >= 15 is 0 Å². The molecule has 1 aliphatic rings. The van der Waals surface area contributed by atoms with Crippen LogP contribution in [0, 0.1) is 17.5 Å². The van der Waals surface area contributed by atoms with Gasteiger partial charge < -0.3 is 4.98 Å². The quantitative estimate of drug-likeness (QED) is 0.719. The summed E-state index contributed by atoms with van der Waals surface area (Å²) in [6.45, 7) is 0.548. The van der Waals surface area contributed by atoms with Crippen LogP contribution in [0.25, 0.3) is 11.4 Å². The van der Waals surface area contributed by atoms with Gasteiger partial charge in [0.05, 0.1) is 5.69 Å². The molecule has 0 radical (unpaired) electrons. The third-order valence-corrected chi connectivity index (χ3v) is 4.61. The van der Waals surface area contributed by atoms with Crippen molar-refractivity contribution in [3.05, 3.63) is 81.3 Å². The number of aromatic nitrogens is 3. The van der Waals surface area contributed by atoms with Crippen LogP contribution in [0.5, 0.6) is 0 Å². The molecule has 4 rings (SSSR count). The highest BCUT2D eigenvalue weighted by Gasteiger charge is 2.24. The summed E-state index contributed by atoms with van der Waals surface area (Å²) in [6, 6.07) is 5.18. The Morgan fingerprint density at radius 2 is 1.96 bits per heavy atom. The number of H-pyrrole nitrogens is 1. The average molecular weight is 372 g/mol. The Balaban J connectivity index is 1.64. The van der Waals surface area contributed by atoms with Crippen molar-refractivity contribution in [2.45, 2.75) is 19.5 Å². The standard InChI is InChI=1S/C19H15F3N4O/c20-14-3-4-15(21)17(22)13(14)9-26-7-5-12-16(10-26)24-18(25-19(12)27)11-2-1-6-23-8-11/h1-4,6,8H,5,7,9-10H2,(H,24,25,27). The van der Waals surface area contributed by atoms with Crippen molar-refractivity contribution in [2.24, 2.45) is 0 Å².